The smallest absolute Gasteiger partial charge is 0.0961 e. The Morgan fingerprint density at radius 1 is 0.905 bits per heavy atom. The Hall–Kier alpha value is -0.120. The van der Waals surface area contributed by atoms with E-state index in [0.29, 0.717) is 6.04 Å². The molecule has 0 aromatic heterocycles. The van der Waals surface area contributed by atoms with Gasteiger partial charge in [-0.25, -0.2) is 0 Å². The average Bonchev–Trinajstić information content (AvgIpc) is 2.54. The summed E-state index contributed by atoms with van der Waals surface area (Å²) in [5.41, 5.74) is 0. The van der Waals surface area contributed by atoms with Gasteiger partial charge in [0.25, 0.3) is 0 Å². The van der Waals surface area contributed by atoms with Crippen LogP contribution in [0.5, 0.6) is 0 Å². The first-order chi connectivity index (χ1) is 10.4. The lowest BCUT2D eigenvalue weighted by molar-refractivity contribution is -0.102. The normalized spacial score (nSPS) is 20.6. The van der Waals surface area contributed by atoms with E-state index in [9.17, 15) is 0 Å². The van der Waals surface area contributed by atoms with E-state index < -0.39 is 0 Å². The largest absolute Gasteiger partial charge is 0.376 e. The molecule has 3 nitrogen and oxygen atoms in total. The van der Waals surface area contributed by atoms with Crippen molar-refractivity contribution in [3.05, 3.63) is 0 Å². The summed E-state index contributed by atoms with van der Waals surface area (Å²) >= 11 is 0. The van der Waals surface area contributed by atoms with Crippen LogP contribution in [-0.2, 0) is 9.47 Å². The molecule has 0 radical (unpaired) electrons. The fourth-order valence-electron chi connectivity index (χ4n) is 3.11. The van der Waals surface area contributed by atoms with Crippen LogP contribution in [-0.4, -0.2) is 39.0 Å². The molecule has 1 N–H and O–H groups in total. The summed E-state index contributed by atoms with van der Waals surface area (Å²) in [4.78, 5) is 0. The molecule has 1 fully saturated rings. The van der Waals surface area contributed by atoms with Crippen LogP contribution < -0.4 is 5.32 Å². The molecule has 0 amide bonds. The van der Waals surface area contributed by atoms with E-state index >= 15 is 0 Å². The van der Waals surface area contributed by atoms with E-state index in [-0.39, 0.29) is 6.10 Å². The SMILES string of the molecule is CCCCCCCCCCCCC(NC)C1COCCO1. The Balaban J connectivity index is 1.90. The van der Waals surface area contributed by atoms with Gasteiger partial charge in [0.2, 0.25) is 0 Å². The molecule has 21 heavy (non-hydrogen) atoms. The molecular weight excluding hydrogens is 262 g/mol. The maximum Gasteiger partial charge on any atom is 0.0961 e. The highest BCUT2D eigenvalue weighted by atomic mass is 16.6. The predicted molar refractivity (Wildman–Crippen MR) is 89.9 cm³/mol. The zero-order valence-electron chi connectivity index (χ0n) is 14.4. The van der Waals surface area contributed by atoms with Crippen LogP contribution in [0.15, 0.2) is 0 Å². The molecule has 1 aliphatic rings. The molecule has 0 spiro atoms. The monoisotopic (exact) mass is 299 g/mol. The first-order valence-electron chi connectivity index (χ1n) is 9.25. The summed E-state index contributed by atoms with van der Waals surface area (Å²) in [6.45, 7) is 4.54. The first kappa shape index (κ1) is 18.9. The summed E-state index contributed by atoms with van der Waals surface area (Å²) in [5.74, 6) is 0. The van der Waals surface area contributed by atoms with Crippen molar-refractivity contribution in [3.63, 3.8) is 0 Å². The predicted octanol–water partition coefficient (Wildman–Crippen LogP) is 4.30. The fourth-order valence-corrected chi connectivity index (χ4v) is 3.11. The average molecular weight is 299 g/mol. The molecular formula is C18H37NO2. The standard InChI is InChI=1S/C18H37NO2/c1-3-4-5-6-7-8-9-10-11-12-13-17(19-2)18-16-20-14-15-21-18/h17-19H,3-16H2,1-2H3. The molecule has 1 heterocycles. The van der Waals surface area contributed by atoms with Crippen molar-refractivity contribution >= 4 is 0 Å². The van der Waals surface area contributed by atoms with Gasteiger partial charge in [-0.15, -0.1) is 0 Å². The minimum atomic E-state index is 0.252. The van der Waals surface area contributed by atoms with Gasteiger partial charge < -0.3 is 14.8 Å². The lowest BCUT2D eigenvalue weighted by Crippen LogP contribution is -2.45. The van der Waals surface area contributed by atoms with Gasteiger partial charge in [0, 0.05) is 6.04 Å². The van der Waals surface area contributed by atoms with Crippen molar-refractivity contribution in [1.29, 1.82) is 0 Å². The van der Waals surface area contributed by atoms with E-state index in [2.05, 4.69) is 12.2 Å². The Morgan fingerprint density at radius 2 is 1.52 bits per heavy atom. The van der Waals surface area contributed by atoms with Gasteiger partial charge in [0.15, 0.2) is 0 Å². The van der Waals surface area contributed by atoms with Gasteiger partial charge in [0.1, 0.15) is 0 Å². The van der Waals surface area contributed by atoms with E-state index in [1.54, 1.807) is 0 Å². The molecule has 0 saturated carbocycles. The van der Waals surface area contributed by atoms with Gasteiger partial charge in [-0.2, -0.15) is 0 Å². The second-order valence-electron chi connectivity index (χ2n) is 6.35. The quantitative estimate of drug-likeness (QED) is 0.514. The molecule has 126 valence electrons. The molecule has 0 aromatic carbocycles. The Kier molecular flexibility index (Phi) is 12.2. The third kappa shape index (κ3) is 9.49. The van der Waals surface area contributed by atoms with Crippen molar-refractivity contribution in [2.75, 3.05) is 26.9 Å². The Labute approximate surface area is 132 Å². The van der Waals surface area contributed by atoms with Crippen LogP contribution in [0, 0.1) is 0 Å². The van der Waals surface area contributed by atoms with Gasteiger partial charge in [-0.3, -0.25) is 0 Å². The van der Waals surface area contributed by atoms with Gasteiger partial charge in [0.05, 0.1) is 25.9 Å². The molecule has 3 heteroatoms. The van der Waals surface area contributed by atoms with Crippen molar-refractivity contribution in [3.8, 4) is 0 Å². The summed E-state index contributed by atoms with van der Waals surface area (Å²) in [6, 6.07) is 0.458. The highest BCUT2D eigenvalue weighted by molar-refractivity contribution is 4.77. The van der Waals surface area contributed by atoms with Crippen LogP contribution >= 0.6 is 0 Å². The van der Waals surface area contributed by atoms with Crippen molar-refractivity contribution in [1.82, 2.24) is 5.32 Å². The van der Waals surface area contributed by atoms with Gasteiger partial charge in [-0.05, 0) is 13.5 Å². The summed E-state index contributed by atoms with van der Waals surface area (Å²) < 4.78 is 11.3. The highest BCUT2D eigenvalue weighted by Crippen LogP contribution is 2.15. The lowest BCUT2D eigenvalue weighted by atomic mass is 10.0. The van der Waals surface area contributed by atoms with Crippen molar-refractivity contribution in [2.45, 2.75) is 89.7 Å². The number of nitrogens with one attached hydrogen (secondary N) is 1. The third-order valence-corrected chi connectivity index (χ3v) is 4.53. The zero-order chi connectivity index (χ0) is 15.2. The zero-order valence-corrected chi connectivity index (χ0v) is 14.4. The van der Waals surface area contributed by atoms with Crippen LogP contribution in [0.25, 0.3) is 0 Å². The minimum absolute atomic E-state index is 0.252. The first-order valence-corrected chi connectivity index (χ1v) is 9.25. The maximum absolute atomic E-state index is 5.79. The van der Waals surface area contributed by atoms with Crippen LogP contribution in [0.4, 0.5) is 0 Å². The van der Waals surface area contributed by atoms with E-state index in [4.69, 9.17) is 9.47 Å². The molecule has 1 rings (SSSR count). The number of unbranched alkanes of at least 4 members (excludes halogenated alkanes) is 9. The molecule has 0 aliphatic carbocycles. The second-order valence-corrected chi connectivity index (χ2v) is 6.35. The summed E-state index contributed by atoms with van der Waals surface area (Å²) in [7, 11) is 2.04. The number of rotatable bonds is 13. The van der Waals surface area contributed by atoms with E-state index in [1.165, 1.54) is 70.6 Å². The minimum Gasteiger partial charge on any atom is -0.376 e. The van der Waals surface area contributed by atoms with Gasteiger partial charge in [-0.1, -0.05) is 71.1 Å². The molecule has 1 aliphatic heterocycles. The number of ether oxygens (including phenoxy) is 2. The van der Waals surface area contributed by atoms with E-state index in [0.717, 1.165) is 19.8 Å². The van der Waals surface area contributed by atoms with Crippen molar-refractivity contribution < 1.29 is 9.47 Å². The summed E-state index contributed by atoms with van der Waals surface area (Å²) in [6.07, 6.45) is 15.4. The second kappa shape index (κ2) is 13.5. The maximum atomic E-state index is 5.79. The number of hydrogen-bond donors (Lipinski definition) is 1. The van der Waals surface area contributed by atoms with Crippen LogP contribution in [0.3, 0.4) is 0 Å². The molecule has 2 unspecified atom stereocenters. The topological polar surface area (TPSA) is 30.5 Å². The van der Waals surface area contributed by atoms with Crippen LogP contribution in [0.2, 0.25) is 0 Å². The van der Waals surface area contributed by atoms with E-state index in [1.807, 2.05) is 7.05 Å². The third-order valence-electron chi connectivity index (χ3n) is 4.53. The summed E-state index contributed by atoms with van der Waals surface area (Å²) in [5, 5.41) is 3.40. The Bertz CT molecular complexity index is 217. The molecule has 1 saturated heterocycles. The number of likely N-dealkylation sites (N-methyl/N-ethyl adjacent to an activating group) is 1. The number of hydrogen-bond acceptors (Lipinski definition) is 3. The van der Waals surface area contributed by atoms with Crippen molar-refractivity contribution in [2.24, 2.45) is 0 Å². The fraction of sp³-hybridized carbons (Fsp3) is 1.00. The Morgan fingerprint density at radius 3 is 2.05 bits per heavy atom. The molecule has 0 bridgehead atoms. The van der Waals surface area contributed by atoms with Crippen LogP contribution in [0.1, 0.15) is 77.6 Å². The lowest BCUT2D eigenvalue weighted by Gasteiger charge is -2.30. The molecule has 0 aromatic rings. The highest BCUT2D eigenvalue weighted by Gasteiger charge is 2.23. The van der Waals surface area contributed by atoms with Gasteiger partial charge >= 0.3 is 0 Å². The molecule has 2 atom stereocenters.